The van der Waals surface area contributed by atoms with E-state index in [0.717, 1.165) is 12.3 Å². The quantitative estimate of drug-likeness (QED) is 0.677. The zero-order valence-corrected chi connectivity index (χ0v) is 10.2. The Kier molecular flexibility index (Phi) is 3.06. The molecule has 1 atom stereocenters. The number of nitrogens with zero attached hydrogens (tertiary/aromatic N) is 1. The Morgan fingerprint density at radius 1 is 1.40 bits per heavy atom. The van der Waals surface area contributed by atoms with E-state index in [1.807, 2.05) is 0 Å². The lowest BCUT2D eigenvalue weighted by molar-refractivity contribution is 0.666. The van der Waals surface area contributed by atoms with E-state index >= 15 is 0 Å². The van der Waals surface area contributed by atoms with Crippen molar-refractivity contribution in [1.82, 2.24) is 0 Å². The lowest BCUT2D eigenvalue weighted by Crippen LogP contribution is -2.03. The van der Waals surface area contributed by atoms with Crippen molar-refractivity contribution in [2.75, 3.05) is 12.3 Å². The molecule has 2 heteroatoms. The monoisotopic (exact) mass is 219 g/mol. The van der Waals surface area contributed by atoms with Gasteiger partial charge in [0.15, 0.2) is 0 Å². The zero-order chi connectivity index (χ0) is 10.8. The summed E-state index contributed by atoms with van der Waals surface area (Å²) in [6.45, 7) is 5.34. The van der Waals surface area contributed by atoms with Crippen molar-refractivity contribution >= 4 is 22.1 Å². The first-order chi connectivity index (χ1) is 7.18. The molecule has 1 heterocycles. The third-order valence-corrected chi connectivity index (χ3v) is 4.07. The van der Waals surface area contributed by atoms with Crippen molar-refractivity contribution in [1.29, 1.82) is 0 Å². The maximum atomic E-state index is 4.70. The molecular formula is C13H17NS. The summed E-state index contributed by atoms with van der Waals surface area (Å²) < 4.78 is 0. The van der Waals surface area contributed by atoms with Crippen LogP contribution in [0.4, 0.5) is 0 Å². The number of rotatable bonds is 2. The average Bonchev–Trinajstić information content (AvgIpc) is 2.54. The Labute approximate surface area is 94.2 Å². The molecule has 0 saturated heterocycles. The summed E-state index contributed by atoms with van der Waals surface area (Å²) in [5, 5.41) is 0. The number of benzene rings is 1. The maximum absolute atomic E-state index is 4.70. The van der Waals surface area contributed by atoms with Gasteiger partial charge in [0.2, 0.25) is 0 Å². The van der Waals surface area contributed by atoms with Crippen molar-refractivity contribution in [2.45, 2.75) is 18.7 Å². The lowest BCUT2D eigenvalue weighted by atomic mass is 10.1. The van der Waals surface area contributed by atoms with Crippen molar-refractivity contribution in [2.24, 2.45) is 10.9 Å². The van der Waals surface area contributed by atoms with Crippen LogP contribution in [0.15, 0.2) is 34.2 Å². The van der Waals surface area contributed by atoms with E-state index in [-0.39, 0.29) is 10.5 Å². The second-order valence-corrected chi connectivity index (χ2v) is 6.03. The van der Waals surface area contributed by atoms with E-state index in [2.05, 4.69) is 44.0 Å². The molecule has 0 N–H and O–H groups in total. The molecule has 0 bridgehead atoms. The number of fused-ring (bicyclic) bond motifs is 1. The third-order valence-electron chi connectivity index (χ3n) is 2.47. The highest BCUT2D eigenvalue weighted by atomic mass is 32.2. The highest BCUT2D eigenvalue weighted by Gasteiger charge is 2.18. The molecule has 0 spiro atoms. The standard InChI is InChI=1S/C13H17NS/c1-10(2)8-14-12-9-15(3)13-7-5-4-6-11(12)13/h4-7,10H,3,8-9H2,1-2H3. The van der Waals surface area contributed by atoms with Crippen LogP contribution in [0.2, 0.25) is 0 Å². The molecule has 1 unspecified atom stereocenters. The smallest absolute Gasteiger partial charge is 0.0529 e. The fourth-order valence-corrected chi connectivity index (χ4v) is 3.20. The van der Waals surface area contributed by atoms with Crippen molar-refractivity contribution < 1.29 is 0 Å². The molecule has 1 aromatic rings. The van der Waals surface area contributed by atoms with Crippen LogP contribution in [-0.4, -0.2) is 23.9 Å². The Morgan fingerprint density at radius 2 is 2.13 bits per heavy atom. The van der Waals surface area contributed by atoms with Crippen LogP contribution in [0.5, 0.6) is 0 Å². The van der Waals surface area contributed by atoms with E-state index in [4.69, 9.17) is 4.99 Å². The molecule has 15 heavy (non-hydrogen) atoms. The van der Waals surface area contributed by atoms with Crippen LogP contribution in [0.3, 0.4) is 0 Å². The summed E-state index contributed by atoms with van der Waals surface area (Å²) in [6, 6.07) is 8.54. The van der Waals surface area contributed by atoms with E-state index < -0.39 is 0 Å². The molecule has 0 amide bonds. The highest BCUT2D eigenvalue weighted by molar-refractivity contribution is 8.15. The van der Waals surface area contributed by atoms with E-state index in [9.17, 15) is 0 Å². The zero-order valence-electron chi connectivity index (χ0n) is 9.36. The Morgan fingerprint density at radius 3 is 2.87 bits per heavy atom. The van der Waals surface area contributed by atoms with Crippen LogP contribution < -0.4 is 0 Å². The molecule has 0 fully saturated rings. The van der Waals surface area contributed by atoms with Crippen LogP contribution in [0.25, 0.3) is 0 Å². The van der Waals surface area contributed by atoms with Gasteiger partial charge in [-0.25, -0.2) is 0 Å². The van der Waals surface area contributed by atoms with Gasteiger partial charge in [0.1, 0.15) is 0 Å². The predicted octanol–water partition coefficient (Wildman–Crippen LogP) is 3.21. The molecule has 0 saturated carbocycles. The minimum absolute atomic E-state index is 0.127. The molecule has 1 aromatic carbocycles. The molecule has 1 nitrogen and oxygen atoms in total. The van der Waals surface area contributed by atoms with Gasteiger partial charge in [0, 0.05) is 22.8 Å². The van der Waals surface area contributed by atoms with E-state index in [1.54, 1.807) is 0 Å². The Bertz CT molecular complexity index is 418. The number of hydrogen-bond donors (Lipinski definition) is 0. The number of hydrogen-bond acceptors (Lipinski definition) is 1. The molecule has 0 radical (unpaired) electrons. The molecule has 0 aliphatic carbocycles. The van der Waals surface area contributed by atoms with E-state index in [0.29, 0.717) is 5.92 Å². The van der Waals surface area contributed by atoms with Crippen molar-refractivity contribution in [3.05, 3.63) is 29.8 Å². The first kappa shape index (κ1) is 10.6. The summed E-state index contributed by atoms with van der Waals surface area (Å²) in [7, 11) is 0.127. The molecule has 0 aromatic heterocycles. The van der Waals surface area contributed by atoms with Gasteiger partial charge in [-0.1, -0.05) is 37.9 Å². The first-order valence-electron chi connectivity index (χ1n) is 5.32. The highest BCUT2D eigenvalue weighted by Crippen LogP contribution is 2.36. The third kappa shape index (κ3) is 2.20. The van der Waals surface area contributed by atoms with Gasteiger partial charge in [-0.15, -0.1) is 0 Å². The maximum Gasteiger partial charge on any atom is 0.0529 e. The van der Waals surface area contributed by atoms with Gasteiger partial charge in [0.25, 0.3) is 0 Å². The Balaban J connectivity index is 2.32. The van der Waals surface area contributed by atoms with Gasteiger partial charge in [-0.3, -0.25) is 4.99 Å². The summed E-state index contributed by atoms with van der Waals surface area (Å²) in [5.41, 5.74) is 2.59. The van der Waals surface area contributed by atoms with Gasteiger partial charge in [-0.05, 0) is 12.0 Å². The fourth-order valence-electron chi connectivity index (χ4n) is 1.70. The van der Waals surface area contributed by atoms with Gasteiger partial charge in [0.05, 0.1) is 5.71 Å². The van der Waals surface area contributed by atoms with Crippen LogP contribution in [-0.2, 0) is 0 Å². The molecule has 80 valence electrons. The van der Waals surface area contributed by atoms with Crippen molar-refractivity contribution in [3.8, 4) is 0 Å². The predicted molar refractivity (Wildman–Crippen MR) is 70.5 cm³/mol. The summed E-state index contributed by atoms with van der Waals surface area (Å²) in [4.78, 5) is 6.09. The largest absolute Gasteiger partial charge is 0.288 e. The van der Waals surface area contributed by atoms with Gasteiger partial charge < -0.3 is 0 Å². The molecular weight excluding hydrogens is 202 g/mol. The molecule has 1 aliphatic heterocycles. The van der Waals surface area contributed by atoms with Crippen LogP contribution in [0, 0.1) is 5.92 Å². The van der Waals surface area contributed by atoms with E-state index in [1.165, 1.54) is 16.2 Å². The summed E-state index contributed by atoms with van der Waals surface area (Å²) >= 11 is 0. The molecule has 2 rings (SSSR count). The fraction of sp³-hybridized carbons (Fsp3) is 0.385. The minimum Gasteiger partial charge on any atom is -0.288 e. The normalized spacial score (nSPS) is 22.3. The summed E-state index contributed by atoms with van der Waals surface area (Å²) in [5.74, 6) is 5.87. The molecule has 1 aliphatic rings. The van der Waals surface area contributed by atoms with Gasteiger partial charge in [-0.2, -0.15) is 10.5 Å². The number of aliphatic imine (C=N–C) groups is 1. The second-order valence-electron chi connectivity index (χ2n) is 4.31. The van der Waals surface area contributed by atoms with Gasteiger partial charge >= 0.3 is 0 Å². The first-order valence-corrected chi connectivity index (χ1v) is 6.88. The lowest BCUT2D eigenvalue weighted by Gasteiger charge is -2.01. The topological polar surface area (TPSA) is 12.4 Å². The van der Waals surface area contributed by atoms with Crippen LogP contribution in [0.1, 0.15) is 19.4 Å². The second kappa shape index (κ2) is 4.31. The SMILES string of the molecule is C=S1CC(=NCC(C)C)c2ccccc21. The van der Waals surface area contributed by atoms with Crippen LogP contribution >= 0.6 is 10.5 Å². The summed E-state index contributed by atoms with van der Waals surface area (Å²) in [6.07, 6.45) is 0. The average molecular weight is 219 g/mol. The minimum atomic E-state index is 0.127. The Hall–Kier alpha value is -0.890. The van der Waals surface area contributed by atoms with Crippen molar-refractivity contribution in [3.63, 3.8) is 0 Å².